The molecule has 1 fully saturated rings. The quantitative estimate of drug-likeness (QED) is 0.548. The lowest BCUT2D eigenvalue weighted by Crippen LogP contribution is -2.32. The Balaban J connectivity index is 1.68. The predicted molar refractivity (Wildman–Crippen MR) is 134 cm³/mol. The molecule has 2 amide bonds. The first-order valence-electron chi connectivity index (χ1n) is 12.2. The molecule has 0 bridgehead atoms. The van der Waals surface area contributed by atoms with Crippen molar-refractivity contribution in [3.8, 4) is 0 Å². The second kappa shape index (κ2) is 11.5. The minimum absolute atomic E-state index is 0.0816. The van der Waals surface area contributed by atoms with E-state index in [9.17, 15) is 9.59 Å². The van der Waals surface area contributed by atoms with Crippen molar-refractivity contribution in [2.45, 2.75) is 78.9 Å². The van der Waals surface area contributed by atoms with Gasteiger partial charge in [0.2, 0.25) is 11.8 Å². The van der Waals surface area contributed by atoms with Gasteiger partial charge in [-0.15, -0.1) is 0 Å². The average molecular weight is 450 g/mol. The summed E-state index contributed by atoms with van der Waals surface area (Å²) in [6.45, 7) is 7.81. The Hall–Kier alpha value is -2.66. The fourth-order valence-corrected chi connectivity index (χ4v) is 4.40. The van der Waals surface area contributed by atoms with Crippen LogP contribution in [0.4, 0.5) is 5.69 Å². The van der Waals surface area contributed by atoms with Gasteiger partial charge in [-0.1, -0.05) is 76.4 Å². The van der Waals surface area contributed by atoms with Crippen molar-refractivity contribution in [3.63, 3.8) is 0 Å². The number of carbonyl (C=O) groups is 2. The topological polar surface area (TPSA) is 75.4 Å². The number of hydrogen-bond acceptors (Lipinski definition) is 3. The molecule has 0 aliphatic heterocycles. The molecular weight excluding hydrogens is 410 g/mol. The van der Waals surface area contributed by atoms with Crippen LogP contribution in [0.1, 0.15) is 76.0 Å². The van der Waals surface area contributed by atoms with Crippen LogP contribution in [-0.2, 0) is 29.2 Å². The highest BCUT2D eigenvalue weighted by atomic mass is 16.2. The molecule has 2 aromatic carbocycles. The Morgan fingerprint density at radius 1 is 0.939 bits per heavy atom. The van der Waals surface area contributed by atoms with Crippen molar-refractivity contribution in [2.24, 2.45) is 17.1 Å². The number of nitrogens with one attached hydrogen (secondary N) is 1. The number of amides is 2. The summed E-state index contributed by atoms with van der Waals surface area (Å²) in [5.74, 6) is 0.396. The number of hydrogen-bond donors (Lipinski definition) is 2. The van der Waals surface area contributed by atoms with Gasteiger partial charge in [0.25, 0.3) is 0 Å². The van der Waals surface area contributed by atoms with Crippen molar-refractivity contribution in [1.82, 2.24) is 4.90 Å². The van der Waals surface area contributed by atoms with Crippen molar-refractivity contribution < 1.29 is 9.59 Å². The second-order valence-corrected chi connectivity index (χ2v) is 10.5. The van der Waals surface area contributed by atoms with Crippen molar-refractivity contribution >= 4 is 17.5 Å². The van der Waals surface area contributed by atoms with Crippen molar-refractivity contribution in [2.75, 3.05) is 5.32 Å². The zero-order valence-corrected chi connectivity index (χ0v) is 20.4. The van der Waals surface area contributed by atoms with Gasteiger partial charge in [-0.05, 0) is 47.1 Å². The first-order chi connectivity index (χ1) is 15.7. The monoisotopic (exact) mass is 449 g/mol. The van der Waals surface area contributed by atoms with Gasteiger partial charge in [-0.25, -0.2) is 0 Å². The summed E-state index contributed by atoms with van der Waals surface area (Å²) in [5, 5.41) is 3.07. The fraction of sp³-hybridized carbons (Fsp3) is 0.500. The van der Waals surface area contributed by atoms with E-state index >= 15 is 0 Å². The maximum atomic E-state index is 13.2. The molecule has 0 saturated heterocycles. The molecule has 1 aliphatic rings. The van der Waals surface area contributed by atoms with Crippen LogP contribution in [-0.4, -0.2) is 16.7 Å². The number of nitrogens with zero attached hydrogens (tertiary/aromatic N) is 1. The molecule has 2 aromatic rings. The molecule has 0 aromatic heterocycles. The molecule has 5 heteroatoms. The highest BCUT2D eigenvalue weighted by Crippen LogP contribution is 2.26. The Labute approximate surface area is 198 Å². The minimum atomic E-state index is -0.0816. The number of nitrogens with two attached hydrogens (primary N) is 1. The molecule has 3 N–H and O–H groups in total. The highest BCUT2D eigenvalue weighted by Gasteiger charge is 2.23. The lowest BCUT2D eigenvalue weighted by Gasteiger charge is -2.27. The van der Waals surface area contributed by atoms with E-state index in [1.807, 2.05) is 47.4 Å². The summed E-state index contributed by atoms with van der Waals surface area (Å²) < 4.78 is 0. The molecule has 1 saturated carbocycles. The van der Waals surface area contributed by atoms with Gasteiger partial charge in [-0.3, -0.25) is 9.59 Å². The molecule has 5 nitrogen and oxygen atoms in total. The molecule has 0 atom stereocenters. The van der Waals surface area contributed by atoms with E-state index in [1.54, 1.807) is 0 Å². The van der Waals surface area contributed by atoms with E-state index in [-0.39, 0.29) is 23.1 Å². The van der Waals surface area contributed by atoms with Gasteiger partial charge < -0.3 is 16.0 Å². The second-order valence-electron chi connectivity index (χ2n) is 10.5. The Morgan fingerprint density at radius 3 is 2.21 bits per heavy atom. The van der Waals surface area contributed by atoms with Crippen LogP contribution in [0, 0.1) is 11.3 Å². The van der Waals surface area contributed by atoms with E-state index in [4.69, 9.17) is 5.73 Å². The molecule has 178 valence electrons. The van der Waals surface area contributed by atoms with Crippen LogP contribution >= 0.6 is 0 Å². The first-order valence-corrected chi connectivity index (χ1v) is 12.2. The zero-order chi connectivity index (χ0) is 23.8. The predicted octanol–water partition coefficient (Wildman–Crippen LogP) is 5.63. The van der Waals surface area contributed by atoms with Gasteiger partial charge in [0.05, 0.1) is 0 Å². The van der Waals surface area contributed by atoms with Crippen molar-refractivity contribution in [3.05, 3.63) is 65.2 Å². The highest BCUT2D eigenvalue weighted by molar-refractivity contribution is 5.92. The molecular formula is C28H39N3O2. The minimum Gasteiger partial charge on any atom is -0.334 e. The number of anilines is 1. The lowest BCUT2D eigenvalue weighted by atomic mass is 9.88. The van der Waals surface area contributed by atoms with Crippen LogP contribution in [0.2, 0.25) is 0 Å². The molecule has 0 unspecified atom stereocenters. The third-order valence-corrected chi connectivity index (χ3v) is 6.21. The van der Waals surface area contributed by atoms with Gasteiger partial charge in [0.15, 0.2) is 0 Å². The van der Waals surface area contributed by atoms with E-state index in [2.05, 4.69) is 32.2 Å². The molecule has 1 aliphatic carbocycles. The SMILES string of the molecule is CC(C)(C)CC(=O)N(Cc1ccc(NC(=O)C2CCCCC2)cc1)Cc1cccc(CN)c1. The fourth-order valence-electron chi connectivity index (χ4n) is 4.40. The molecule has 3 rings (SSSR count). The van der Waals surface area contributed by atoms with E-state index in [0.717, 1.165) is 48.1 Å². The maximum absolute atomic E-state index is 13.2. The molecule has 0 heterocycles. The molecule has 33 heavy (non-hydrogen) atoms. The summed E-state index contributed by atoms with van der Waals surface area (Å²) in [4.78, 5) is 27.6. The van der Waals surface area contributed by atoms with Gasteiger partial charge in [-0.2, -0.15) is 0 Å². The third kappa shape index (κ3) is 8.01. The number of carbonyl (C=O) groups excluding carboxylic acids is 2. The lowest BCUT2D eigenvalue weighted by molar-refractivity contribution is -0.134. The average Bonchev–Trinajstić information content (AvgIpc) is 2.79. The van der Waals surface area contributed by atoms with Crippen LogP contribution < -0.4 is 11.1 Å². The standard InChI is InChI=1S/C28H39N3O2/c1-28(2,3)17-26(32)31(20-23-9-7-8-22(16-23)18-29)19-21-12-14-25(15-13-21)30-27(33)24-10-5-4-6-11-24/h7-9,12-16,24H,4-6,10-11,17-20,29H2,1-3H3,(H,30,33). The summed E-state index contributed by atoms with van der Waals surface area (Å²) in [7, 11) is 0. The van der Waals surface area contributed by atoms with E-state index in [0.29, 0.717) is 26.1 Å². The van der Waals surface area contributed by atoms with Gasteiger partial charge in [0.1, 0.15) is 0 Å². The number of benzene rings is 2. The first kappa shape index (κ1) is 25.0. The van der Waals surface area contributed by atoms with Crippen molar-refractivity contribution in [1.29, 1.82) is 0 Å². The summed E-state index contributed by atoms with van der Waals surface area (Å²) in [6, 6.07) is 16.0. The smallest absolute Gasteiger partial charge is 0.227 e. The van der Waals surface area contributed by atoms with Crippen LogP contribution in [0.3, 0.4) is 0 Å². The van der Waals surface area contributed by atoms with Gasteiger partial charge >= 0.3 is 0 Å². The largest absolute Gasteiger partial charge is 0.334 e. The normalized spacial score (nSPS) is 14.7. The maximum Gasteiger partial charge on any atom is 0.227 e. The molecule has 0 spiro atoms. The number of rotatable bonds is 8. The van der Waals surface area contributed by atoms with Crippen LogP contribution in [0.5, 0.6) is 0 Å². The van der Waals surface area contributed by atoms with E-state index < -0.39 is 0 Å². The molecule has 0 radical (unpaired) electrons. The van der Waals surface area contributed by atoms with Crippen LogP contribution in [0.25, 0.3) is 0 Å². The van der Waals surface area contributed by atoms with Gasteiger partial charge in [0, 0.05) is 37.7 Å². The Morgan fingerprint density at radius 2 is 1.58 bits per heavy atom. The summed E-state index contributed by atoms with van der Waals surface area (Å²) >= 11 is 0. The van der Waals surface area contributed by atoms with Crippen LogP contribution in [0.15, 0.2) is 48.5 Å². The Bertz CT molecular complexity index is 925. The Kier molecular flexibility index (Phi) is 8.67. The zero-order valence-electron chi connectivity index (χ0n) is 20.4. The van der Waals surface area contributed by atoms with E-state index in [1.165, 1.54) is 6.42 Å². The summed E-state index contributed by atoms with van der Waals surface area (Å²) in [6.07, 6.45) is 5.98. The summed E-state index contributed by atoms with van der Waals surface area (Å²) in [5.41, 5.74) is 9.73. The third-order valence-electron chi connectivity index (χ3n) is 6.21.